The van der Waals surface area contributed by atoms with Crippen molar-refractivity contribution in [3.63, 3.8) is 0 Å². The first-order valence-corrected chi connectivity index (χ1v) is 7.70. The smallest absolute Gasteiger partial charge is 0.379 e. The van der Waals surface area contributed by atoms with Crippen LogP contribution in [0.5, 0.6) is 0 Å². The predicted octanol–water partition coefficient (Wildman–Crippen LogP) is 4.02. The molecular weight excluding hydrogens is 343 g/mol. The summed E-state index contributed by atoms with van der Waals surface area (Å²) in [6, 6.07) is 7.12. The van der Waals surface area contributed by atoms with Gasteiger partial charge in [0.1, 0.15) is 5.69 Å². The lowest BCUT2D eigenvalue weighted by molar-refractivity contribution is -0.140. The van der Waals surface area contributed by atoms with E-state index in [0.717, 1.165) is 22.3 Å². The van der Waals surface area contributed by atoms with Crippen LogP contribution in [0.4, 0.5) is 29.8 Å². The van der Waals surface area contributed by atoms with Crippen molar-refractivity contribution in [2.75, 3.05) is 11.1 Å². The Morgan fingerprint density at radius 3 is 2.46 bits per heavy atom. The van der Waals surface area contributed by atoms with E-state index in [9.17, 15) is 13.2 Å². The molecule has 0 radical (unpaired) electrons. The highest BCUT2D eigenvalue weighted by Crippen LogP contribution is 2.33. The summed E-state index contributed by atoms with van der Waals surface area (Å²) in [6.45, 7) is 1.90. The fourth-order valence-electron chi connectivity index (χ4n) is 2.10. The quantitative estimate of drug-likeness (QED) is 0.735. The van der Waals surface area contributed by atoms with Crippen molar-refractivity contribution in [2.45, 2.75) is 19.0 Å². The number of alkyl halides is 3. The van der Waals surface area contributed by atoms with Crippen LogP contribution in [-0.4, -0.2) is 15.3 Å². The molecule has 1 aromatic carbocycles. The van der Waals surface area contributed by atoms with Crippen molar-refractivity contribution in [2.24, 2.45) is 0 Å². The molecule has 2 aromatic heterocycles. The third kappa shape index (κ3) is 3.32. The number of anilines is 3. The Hall–Kier alpha value is -2.62. The summed E-state index contributed by atoms with van der Waals surface area (Å²) in [5.74, 6) is 0.106. The van der Waals surface area contributed by atoms with Gasteiger partial charge in [0.25, 0.3) is 0 Å². The number of nitrogens with one attached hydrogen (secondary N) is 1. The molecule has 0 aliphatic carbocycles. The Bertz CT molecular complexity index is 828. The maximum absolute atomic E-state index is 12.5. The third-order valence-corrected chi connectivity index (χ3v) is 4.17. The van der Waals surface area contributed by atoms with E-state index in [-0.39, 0.29) is 16.9 Å². The summed E-state index contributed by atoms with van der Waals surface area (Å²) in [5.41, 5.74) is 6.83. The Balaban J connectivity index is 1.73. The van der Waals surface area contributed by atoms with Crippen LogP contribution in [0.25, 0.3) is 0 Å². The van der Waals surface area contributed by atoms with E-state index >= 15 is 0 Å². The van der Waals surface area contributed by atoms with E-state index in [1.165, 1.54) is 0 Å². The topological polar surface area (TPSA) is 89.9 Å². The minimum absolute atomic E-state index is 0.123. The van der Waals surface area contributed by atoms with Crippen LogP contribution < -0.4 is 11.1 Å². The molecular formula is C14H12F3N5OS. The molecule has 24 heavy (non-hydrogen) atoms. The molecule has 0 saturated carbocycles. The molecule has 0 bridgehead atoms. The largest absolute Gasteiger partial charge is 0.434 e. The Kier molecular flexibility index (Phi) is 4.14. The second kappa shape index (κ2) is 6.11. The van der Waals surface area contributed by atoms with E-state index in [1.54, 1.807) is 12.1 Å². The van der Waals surface area contributed by atoms with Gasteiger partial charge in [-0.25, -0.2) is 9.61 Å². The second-order valence-electron chi connectivity index (χ2n) is 5.04. The number of thiazole rings is 1. The number of hydrogen-bond acceptors (Lipinski definition) is 7. The lowest BCUT2D eigenvalue weighted by atomic mass is 9.97. The van der Waals surface area contributed by atoms with Crippen LogP contribution in [0.1, 0.15) is 29.8 Å². The summed E-state index contributed by atoms with van der Waals surface area (Å²) >= 11 is 0.892. The lowest BCUT2D eigenvalue weighted by Gasteiger charge is -2.10. The number of nitrogen functional groups attached to an aromatic ring is 1. The molecule has 0 unspecified atom stereocenters. The first kappa shape index (κ1) is 16.2. The highest BCUT2D eigenvalue weighted by molar-refractivity contribution is 7.13. The van der Waals surface area contributed by atoms with Crippen molar-refractivity contribution in [3.8, 4) is 0 Å². The van der Waals surface area contributed by atoms with Gasteiger partial charge in [-0.2, -0.15) is 13.2 Å². The summed E-state index contributed by atoms with van der Waals surface area (Å²) in [6.07, 6.45) is -4.44. The van der Waals surface area contributed by atoms with E-state index in [4.69, 9.17) is 5.73 Å². The number of rotatable bonds is 4. The van der Waals surface area contributed by atoms with E-state index in [2.05, 4.69) is 25.2 Å². The molecule has 0 aliphatic heterocycles. The van der Waals surface area contributed by atoms with Crippen LogP contribution in [0.15, 0.2) is 34.3 Å². The van der Waals surface area contributed by atoms with Crippen LogP contribution in [0.2, 0.25) is 0 Å². The monoisotopic (exact) mass is 355 g/mol. The Morgan fingerprint density at radius 2 is 1.92 bits per heavy atom. The molecule has 2 heterocycles. The van der Waals surface area contributed by atoms with Gasteiger partial charge in [0, 0.05) is 17.0 Å². The average molecular weight is 355 g/mol. The maximum atomic E-state index is 12.5. The molecule has 3 aromatic rings. The minimum atomic E-state index is -4.44. The van der Waals surface area contributed by atoms with Crippen molar-refractivity contribution in [3.05, 3.63) is 46.6 Å². The number of nitrogens with two attached hydrogens (primary N) is 1. The van der Waals surface area contributed by atoms with Crippen LogP contribution in [0, 0.1) is 0 Å². The van der Waals surface area contributed by atoms with Crippen LogP contribution in [0.3, 0.4) is 0 Å². The van der Waals surface area contributed by atoms with Gasteiger partial charge < -0.3 is 11.1 Å². The number of hydrogen-bond donors (Lipinski definition) is 2. The van der Waals surface area contributed by atoms with Gasteiger partial charge in [0.05, 0.1) is 0 Å². The number of benzene rings is 1. The fraction of sp³-hybridized carbons (Fsp3) is 0.214. The molecule has 10 heteroatoms. The molecule has 3 N–H and O–H groups in total. The van der Waals surface area contributed by atoms with E-state index in [0.29, 0.717) is 11.4 Å². The van der Waals surface area contributed by atoms with Crippen molar-refractivity contribution in [1.29, 1.82) is 0 Å². The van der Waals surface area contributed by atoms with Gasteiger partial charge in [-0.3, -0.25) is 0 Å². The summed E-state index contributed by atoms with van der Waals surface area (Å²) < 4.78 is 42.2. The van der Waals surface area contributed by atoms with E-state index in [1.807, 2.05) is 19.1 Å². The highest BCUT2D eigenvalue weighted by atomic mass is 32.1. The summed E-state index contributed by atoms with van der Waals surface area (Å²) in [5, 5.41) is 11.3. The highest BCUT2D eigenvalue weighted by Gasteiger charge is 2.33. The van der Waals surface area contributed by atoms with Crippen molar-refractivity contribution in [1.82, 2.24) is 15.3 Å². The van der Waals surface area contributed by atoms with Gasteiger partial charge in [-0.05, 0) is 22.9 Å². The zero-order chi connectivity index (χ0) is 17.3. The zero-order valence-electron chi connectivity index (χ0n) is 12.3. The Morgan fingerprint density at radius 1 is 1.21 bits per heavy atom. The molecule has 126 valence electrons. The molecule has 0 amide bonds. The number of aromatic nitrogens is 3. The molecule has 0 aliphatic rings. The lowest BCUT2D eigenvalue weighted by Crippen LogP contribution is -2.05. The van der Waals surface area contributed by atoms with Gasteiger partial charge >= 0.3 is 6.18 Å². The predicted molar refractivity (Wildman–Crippen MR) is 83.1 cm³/mol. The van der Waals surface area contributed by atoms with Crippen molar-refractivity contribution < 1.29 is 17.8 Å². The molecule has 1 atom stereocenters. The molecule has 3 rings (SSSR count). The normalized spacial score (nSPS) is 13.0. The van der Waals surface area contributed by atoms with Gasteiger partial charge in [0.15, 0.2) is 16.6 Å². The molecule has 0 saturated heterocycles. The zero-order valence-corrected chi connectivity index (χ0v) is 13.1. The standard InChI is InChI=1S/C14H12F3N5OS/c1-7(11-12(18)22-23-21-11)8-2-4-9(5-3-8)19-13-20-10(6-24-13)14(15,16)17/h2-7H,1H3,(H2,18,22)(H,19,20)/t7-/m1/s1. The van der Waals surface area contributed by atoms with E-state index < -0.39 is 11.9 Å². The molecule has 0 spiro atoms. The summed E-state index contributed by atoms with van der Waals surface area (Å²) in [7, 11) is 0. The minimum Gasteiger partial charge on any atom is -0.379 e. The van der Waals surface area contributed by atoms with Gasteiger partial charge in [-0.15, -0.1) is 11.3 Å². The van der Waals surface area contributed by atoms with Crippen LogP contribution >= 0.6 is 11.3 Å². The summed E-state index contributed by atoms with van der Waals surface area (Å²) in [4.78, 5) is 3.52. The van der Waals surface area contributed by atoms with Gasteiger partial charge in [-0.1, -0.05) is 24.2 Å². The van der Waals surface area contributed by atoms with Crippen LogP contribution in [-0.2, 0) is 6.18 Å². The molecule has 6 nitrogen and oxygen atoms in total. The first-order chi connectivity index (χ1) is 11.3. The van der Waals surface area contributed by atoms with Crippen molar-refractivity contribution >= 4 is 28.0 Å². The fourth-order valence-corrected chi connectivity index (χ4v) is 2.84. The number of nitrogens with zero attached hydrogens (tertiary/aromatic N) is 3. The number of halogens is 3. The third-order valence-electron chi connectivity index (χ3n) is 3.41. The van der Waals surface area contributed by atoms with Gasteiger partial charge in [0.2, 0.25) is 0 Å². The maximum Gasteiger partial charge on any atom is 0.434 e. The second-order valence-corrected chi connectivity index (χ2v) is 5.90. The SMILES string of the molecule is C[C@H](c1ccc(Nc2nc(C(F)(F)F)cs2)cc1)c1nonc1N. The first-order valence-electron chi connectivity index (χ1n) is 6.82. The average Bonchev–Trinajstić information content (AvgIpc) is 3.16. The Labute approximate surface area is 138 Å². The molecule has 0 fully saturated rings.